The standard InChI is InChI=1S/C24H43N2O5P/c1-6-14-30-32(26(19(2)3)20(4)5)31-17-16-28-15-13-25-24(27)29-18-23-21-11-9-7-8-10-12-22(21)23/h19-23H,6,9-18H2,1-5H3,(H,25,27). The number of carbonyl (C=O) groups is 1. The van der Waals surface area contributed by atoms with Crippen LogP contribution in [0.5, 0.6) is 0 Å². The molecule has 0 bridgehead atoms. The third-order valence-corrected chi connectivity index (χ3v) is 7.95. The maximum atomic E-state index is 11.9. The fourth-order valence-corrected chi connectivity index (χ4v) is 5.99. The number of carbonyl (C=O) groups excluding carboxylic acids is 1. The van der Waals surface area contributed by atoms with Crippen molar-refractivity contribution in [1.29, 1.82) is 0 Å². The predicted octanol–water partition coefficient (Wildman–Crippen LogP) is 4.96. The second-order valence-electron chi connectivity index (χ2n) is 9.03. The highest BCUT2D eigenvalue weighted by Gasteiger charge is 2.49. The molecule has 0 radical (unpaired) electrons. The molecule has 0 aromatic carbocycles. The summed E-state index contributed by atoms with van der Waals surface area (Å²) >= 11 is 0. The zero-order valence-corrected chi connectivity index (χ0v) is 21.5. The van der Waals surface area contributed by atoms with Crippen molar-refractivity contribution in [3.05, 3.63) is 0 Å². The Balaban J connectivity index is 1.53. The summed E-state index contributed by atoms with van der Waals surface area (Å²) in [5.41, 5.74) is 0. The molecule has 0 spiro atoms. The lowest BCUT2D eigenvalue weighted by Crippen LogP contribution is -2.34. The first-order valence-electron chi connectivity index (χ1n) is 12.2. The van der Waals surface area contributed by atoms with Gasteiger partial charge < -0.3 is 23.8 Å². The molecule has 1 fully saturated rings. The van der Waals surface area contributed by atoms with E-state index in [1.807, 2.05) is 0 Å². The van der Waals surface area contributed by atoms with Crippen LogP contribution in [0.2, 0.25) is 0 Å². The Kier molecular flexibility index (Phi) is 12.9. The topological polar surface area (TPSA) is 69.3 Å². The van der Waals surface area contributed by atoms with Crippen LogP contribution in [-0.4, -0.2) is 62.4 Å². The third kappa shape index (κ3) is 9.53. The second kappa shape index (κ2) is 15.1. The van der Waals surface area contributed by atoms with Crippen LogP contribution in [0.15, 0.2) is 0 Å². The first-order chi connectivity index (χ1) is 15.5. The zero-order valence-electron chi connectivity index (χ0n) is 20.6. The number of rotatable bonds is 15. The van der Waals surface area contributed by atoms with Crippen molar-refractivity contribution in [2.45, 2.75) is 78.8 Å². The normalized spacial score (nSPS) is 23.2. The molecule has 3 unspecified atom stereocenters. The highest BCUT2D eigenvalue weighted by Crippen LogP contribution is 2.52. The number of nitrogens with one attached hydrogen (secondary N) is 1. The van der Waals surface area contributed by atoms with E-state index in [0.717, 1.165) is 32.1 Å². The molecule has 0 aromatic rings. The van der Waals surface area contributed by atoms with Gasteiger partial charge in [0.1, 0.15) is 0 Å². The molecule has 1 saturated carbocycles. The van der Waals surface area contributed by atoms with Gasteiger partial charge in [-0.15, -0.1) is 11.8 Å². The van der Waals surface area contributed by atoms with E-state index in [9.17, 15) is 4.79 Å². The molecule has 2 aliphatic carbocycles. The van der Waals surface area contributed by atoms with Crippen LogP contribution < -0.4 is 5.32 Å². The van der Waals surface area contributed by atoms with Crippen LogP contribution >= 0.6 is 8.53 Å². The Morgan fingerprint density at radius 2 is 1.62 bits per heavy atom. The lowest BCUT2D eigenvalue weighted by Gasteiger charge is -2.35. The van der Waals surface area contributed by atoms with Crippen molar-refractivity contribution in [2.75, 3.05) is 39.6 Å². The van der Waals surface area contributed by atoms with E-state index in [1.54, 1.807) is 0 Å². The molecule has 7 nitrogen and oxygen atoms in total. The van der Waals surface area contributed by atoms with Gasteiger partial charge in [-0.25, -0.2) is 9.46 Å². The maximum absolute atomic E-state index is 11.9. The second-order valence-corrected chi connectivity index (χ2v) is 10.5. The monoisotopic (exact) mass is 470 g/mol. The number of amides is 1. The molecule has 2 rings (SSSR count). The summed E-state index contributed by atoms with van der Waals surface area (Å²) in [5, 5.41) is 2.77. The molecule has 0 saturated heterocycles. The van der Waals surface area contributed by atoms with Crippen molar-refractivity contribution in [3.63, 3.8) is 0 Å². The minimum atomic E-state index is -1.10. The van der Waals surface area contributed by atoms with Gasteiger partial charge >= 0.3 is 6.09 Å². The fraction of sp³-hybridized carbons (Fsp3) is 0.875. The van der Waals surface area contributed by atoms with E-state index in [0.29, 0.717) is 69.4 Å². The molecule has 0 aliphatic heterocycles. The van der Waals surface area contributed by atoms with Gasteiger partial charge in [0.2, 0.25) is 0 Å². The highest BCUT2D eigenvalue weighted by molar-refractivity contribution is 7.44. The number of hydrogen-bond acceptors (Lipinski definition) is 6. The van der Waals surface area contributed by atoms with E-state index >= 15 is 0 Å². The fourth-order valence-electron chi connectivity index (χ4n) is 4.32. The molecular formula is C24H43N2O5P. The summed E-state index contributed by atoms with van der Waals surface area (Å²) in [6.45, 7) is 13.7. The van der Waals surface area contributed by atoms with Crippen LogP contribution in [-0.2, 0) is 18.5 Å². The molecular weight excluding hydrogens is 427 g/mol. The van der Waals surface area contributed by atoms with Crippen LogP contribution in [0.4, 0.5) is 4.79 Å². The average Bonchev–Trinajstić information content (AvgIpc) is 3.37. The van der Waals surface area contributed by atoms with Crippen molar-refractivity contribution >= 4 is 14.6 Å². The van der Waals surface area contributed by atoms with Gasteiger partial charge in [-0.2, -0.15) is 0 Å². The Morgan fingerprint density at radius 1 is 1.00 bits per heavy atom. The van der Waals surface area contributed by atoms with E-state index in [4.69, 9.17) is 18.5 Å². The molecule has 0 aromatic heterocycles. The minimum absolute atomic E-state index is 0.343. The number of nitrogens with zero attached hydrogens (tertiary/aromatic N) is 1. The molecule has 1 amide bonds. The predicted molar refractivity (Wildman–Crippen MR) is 128 cm³/mol. The van der Waals surface area contributed by atoms with E-state index in [-0.39, 0.29) is 6.09 Å². The van der Waals surface area contributed by atoms with E-state index in [1.165, 1.54) is 0 Å². The van der Waals surface area contributed by atoms with E-state index in [2.05, 4.69) is 56.4 Å². The largest absolute Gasteiger partial charge is 0.449 e. The summed E-state index contributed by atoms with van der Waals surface area (Å²) in [7, 11) is -1.10. The van der Waals surface area contributed by atoms with Gasteiger partial charge in [0.25, 0.3) is 8.53 Å². The first kappa shape index (κ1) is 27.3. The Hall–Kier alpha value is -0.900. The van der Waals surface area contributed by atoms with Crippen LogP contribution in [0.25, 0.3) is 0 Å². The Morgan fingerprint density at radius 3 is 2.22 bits per heavy atom. The van der Waals surface area contributed by atoms with Crippen LogP contribution in [0.3, 0.4) is 0 Å². The summed E-state index contributed by atoms with van der Waals surface area (Å²) in [6.07, 6.45) is 4.83. The lowest BCUT2D eigenvalue weighted by molar-refractivity contribution is 0.0862. The molecule has 184 valence electrons. The smallest absolute Gasteiger partial charge is 0.407 e. The van der Waals surface area contributed by atoms with E-state index < -0.39 is 8.53 Å². The number of alkyl carbamates (subject to hydrolysis) is 1. The Bertz CT molecular complexity index is 581. The zero-order chi connectivity index (χ0) is 23.3. The molecule has 2 aliphatic rings. The van der Waals surface area contributed by atoms with Gasteiger partial charge in [-0.05, 0) is 64.7 Å². The van der Waals surface area contributed by atoms with Gasteiger partial charge in [-0.1, -0.05) is 6.92 Å². The quantitative estimate of drug-likeness (QED) is 0.207. The van der Waals surface area contributed by atoms with Crippen LogP contribution in [0.1, 0.15) is 66.7 Å². The molecule has 32 heavy (non-hydrogen) atoms. The van der Waals surface area contributed by atoms with Gasteiger partial charge in [0.05, 0.1) is 33.0 Å². The number of fused-ring (bicyclic) bond motifs is 1. The summed E-state index contributed by atoms with van der Waals surface area (Å²) < 4.78 is 25.3. The molecule has 8 heteroatoms. The molecule has 3 atom stereocenters. The maximum Gasteiger partial charge on any atom is 0.407 e. The highest BCUT2D eigenvalue weighted by atomic mass is 31.2. The molecule has 0 heterocycles. The van der Waals surface area contributed by atoms with Crippen molar-refractivity contribution in [1.82, 2.24) is 9.99 Å². The minimum Gasteiger partial charge on any atom is -0.449 e. The summed E-state index contributed by atoms with van der Waals surface area (Å²) in [5.74, 6) is 8.31. The molecule has 1 N–H and O–H groups in total. The number of hydrogen-bond donors (Lipinski definition) is 1. The lowest BCUT2D eigenvalue weighted by atomic mass is 10.1. The first-order valence-corrected chi connectivity index (χ1v) is 13.4. The van der Waals surface area contributed by atoms with Crippen molar-refractivity contribution in [2.24, 2.45) is 17.8 Å². The van der Waals surface area contributed by atoms with Crippen molar-refractivity contribution < 1.29 is 23.3 Å². The average molecular weight is 471 g/mol. The number of ether oxygens (including phenoxy) is 2. The van der Waals surface area contributed by atoms with Crippen molar-refractivity contribution in [3.8, 4) is 11.8 Å². The van der Waals surface area contributed by atoms with Gasteiger partial charge in [-0.3, -0.25) is 0 Å². The SMILES string of the molecule is CCCOP(OCCOCCNC(=O)OCC1C2CCC#CCCC21)N(C(C)C)C(C)C. The van der Waals surface area contributed by atoms with Crippen LogP contribution in [0, 0.1) is 29.6 Å². The summed E-state index contributed by atoms with van der Waals surface area (Å²) in [4.78, 5) is 11.9. The third-order valence-electron chi connectivity index (χ3n) is 5.84. The van der Waals surface area contributed by atoms with Gasteiger partial charge in [0, 0.05) is 31.5 Å². The summed E-state index contributed by atoms with van der Waals surface area (Å²) in [6, 6.07) is 0.687. The Labute approximate surface area is 196 Å². The van der Waals surface area contributed by atoms with Gasteiger partial charge in [0.15, 0.2) is 0 Å².